The highest BCUT2D eigenvalue weighted by Crippen LogP contribution is 2.15. The SMILES string of the molecule is O=C(NCc1ccon1)c1ccc(CN2CCCC2)o1. The van der Waals surface area contributed by atoms with Crippen molar-refractivity contribution >= 4 is 5.91 Å². The van der Waals surface area contributed by atoms with Crippen molar-refractivity contribution in [2.45, 2.75) is 25.9 Å². The zero-order chi connectivity index (χ0) is 13.8. The molecule has 2 aromatic rings. The molecule has 0 aliphatic carbocycles. The predicted octanol–water partition coefficient (Wildman–Crippen LogP) is 1.79. The van der Waals surface area contributed by atoms with Crippen LogP contribution in [0.5, 0.6) is 0 Å². The van der Waals surface area contributed by atoms with Crippen LogP contribution >= 0.6 is 0 Å². The third kappa shape index (κ3) is 3.08. The Balaban J connectivity index is 1.54. The van der Waals surface area contributed by atoms with Crippen molar-refractivity contribution in [1.29, 1.82) is 0 Å². The Morgan fingerprint density at radius 1 is 1.30 bits per heavy atom. The number of aromatic nitrogens is 1. The van der Waals surface area contributed by atoms with E-state index < -0.39 is 0 Å². The zero-order valence-electron chi connectivity index (χ0n) is 11.2. The molecule has 0 atom stereocenters. The van der Waals surface area contributed by atoms with Gasteiger partial charge in [-0.15, -0.1) is 0 Å². The van der Waals surface area contributed by atoms with Crippen LogP contribution in [0.15, 0.2) is 33.4 Å². The minimum absolute atomic E-state index is 0.235. The molecule has 1 N–H and O–H groups in total. The van der Waals surface area contributed by atoms with Crippen LogP contribution in [0.1, 0.15) is 34.9 Å². The van der Waals surface area contributed by atoms with Crippen molar-refractivity contribution in [3.05, 3.63) is 41.7 Å². The van der Waals surface area contributed by atoms with Crippen LogP contribution in [0.4, 0.5) is 0 Å². The largest absolute Gasteiger partial charge is 0.455 e. The monoisotopic (exact) mass is 275 g/mol. The number of amides is 1. The van der Waals surface area contributed by atoms with Crippen LogP contribution in [-0.2, 0) is 13.1 Å². The first-order valence-electron chi connectivity index (χ1n) is 6.80. The van der Waals surface area contributed by atoms with Crippen LogP contribution in [0.25, 0.3) is 0 Å². The fraction of sp³-hybridized carbons (Fsp3) is 0.429. The highest BCUT2D eigenvalue weighted by Gasteiger charge is 2.16. The first-order chi connectivity index (χ1) is 9.81. The smallest absolute Gasteiger partial charge is 0.287 e. The summed E-state index contributed by atoms with van der Waals surface area (Å²) >= 11 is 0. The molecule has 0 unspecified atom stereocenters. The van der Waals surface area contributed by atoms with Gasteiger partial charge in [0.25, 0.3) is 5.91 Å². The van der Waals surface area contributed by atoms with Crippen molar-refractivity contribution in [1.82, 2.24) is 15.4 Å². The first kappa shape index (κ1) is 12.9. The van der Waals surface area contributed by atoms with Gasteiger partial charge >= 0.3 is 0 Å². The minimum atomic E-state index is -0.235. The molecule has 2 aromatic heterocycles. The number of hydrogen-bond donors (Lipinski definition) is 1. The topological polar surface area (TPSA) is 71.5 Å². The van der Waals surface area contributed by atoms with Gasteiger partial charge in [-0.05, 0) is 38.1 Å². The van der Waals surface area contributed by atoms with Crippen molar-refractivity contribution in [2.75, 3.05) is 13.1 Å². The average Bonchev–Trinajstić information content (AvgIpc) is 3.19. The first-order valence-corrected chi connectivity index (χ1v) is 6.80. The second kappa shape index (κ2) is 5.92. The summed E-state index contributed by atoms with van der Waals surface area (Å²) in [6, 6.07) is 5.29. The van der Waals surface area contributed by atoms with Gasteiger partial charge in [-0.3, -0.25) is 9.69 Å². The summed E-state index contributed by atoms with van der Waals surface area (Å²) < 4.78 is 10.3. The summed E-state index contributed by atoms with van der Waals surface area (Å²) in [5.74, 6) is 0.932. The van der Waals surface area contributed by atoms with Gasteiger partial charge in [0, 0.05) is 6.07 Å². The standard InChI is InChI=1S/C14H17N3O3/c18-14(15-9-11-5-8-19-16-11)13-4-3-12(20-13)10-17-6-1-2-7-17/h3-5,8H,1-2,6-7,9-10H2,(H,15,18). The Morgan fingerprint density at radius 2 is 2.15 bits per heavy atom. The molecule has 3 rings (SSSR count). The summed E-state index contributed by atoms with van der Waals surface area (Å²) in [5.41, 5.74) is 0.683. The van der Waals surface area contributed by atoms with E-state index in [2.05, 4.69) is 15.4 Å². The quantitative estimate of drug-likeness (QED) is 0.900. The highest BCUT2D eigenvalue weighted by atomic mass is 16.5. The third-order valence-corrected chi connectivity index (χ3v) is 3.38. The van der Waals surface area contributed by atoms with Crippen LogP contribution in [0.2, 0.25) is 0 Å². The van der Waals surface area contributed by atoms with E-state index in [-0.39, 0.29) is 5.91 Å². The van der Waals surface area contributed by atoms with Gasteiger partial charge in [0.05, 0.1) is 13.1 Å². The van der Waals surface area contributed by atoms with Gasteiger partial charge in [0.2, 0.25) is 0 Å². The molecule has 0 spiro atoms. The van der Waals surface area contributed by atoms with Crippen LogP contribution in [-0.4, -0.2) is 29.1 Å². The Bertz CT molecular complexity index is 556. The number of likely N-dealkylation sites (tertiary alicyclic amines) is 1. The van der Waals surface area contributed by atoms with E-state index in [4.69, 9.17) is 8.94 Å². The summed E-state index contributed by atoms with van der Waals surface area (Å²) in [6.07, 6.45) is 3.96. The molecule has 0 bridgehead atoms. The molecular formula is C14H17N3O3. The molecule has 1 aliphatic rings. The van der Waals surface area contributed by atoms with Crippen molar-refractivity contribution in [3.8, 4) is 0 Å². The van der Waals surface area contributed by atoms with Gasteiger partial charge in [0.1, 0.15) is 17.7 Å². The number of nitrogens with one attached hydrogen (secondary N) is 1. The van der Waals surface area contributed by atoms with Crippen molar-refractivity contribution < 1.29 is 13.7 Å². The number of hydrogen-bond acceptors (Lipinski definition) is 5. The van der Waals surface area contributed by atoms with E-state index in [1.807, 2.05) is 6.07 Å². The highest BCUT2D eigenvalue weighted by molar-refractivity contribution is 5.91. The van der Waals surface area contributed by atoms with Gasteiger partial charge < -0.3 is 14.3 Å². The van der Waals surface area contributed by atoms with E-state index in [1.165, 1.54) is 19.1 Å². The minimum Gasteiger partial charge on any atom is -0.455 e. The second-order valence-electron chi connectivity index (χ2n) is 4.92. The summed E-state index contributed by atoms with van der Waals surface area (Å²) in [6.45, 7) is 3.32. The Morgan fingerprint density at radius 3 is 2.90 bits per heavy atom. The summed E-state index contributed by atoms with van der Waals surface area (Å²) in [7, 11) is 0. The lowest BCUT2D eigenvalue weighted by Gasteiger charge is -2.11. The van der Waals surface area contributed by atoms with Crippen LogP contribution in [0.3, 0.4) is 0 Å². The second-order valence-corrected chi connectivity index (χ2v) is 4.92. The van der Waals surface area contributed by atoms with E-state index in [9.17, 15) is 4.79 Å². The van der Waals surface area contributed by atoms with E-state index in [1.54, 1.807) is 12.1 Å². The molecule has 106 valence electrons. The summed E-state index contributed by atoms with van der Waals surface area (Å²) in [4.78, 5) is 14.2. The molecule has 1 aliphatic heterocycles. The Hall–Kier alpha value is -2.08. The van der Waals surface area contributed by atoms with Gasteiger partial charge in [-0.1, -0.05) is 5.16 Å². The molecule has 1 fully saturated rings. The molecule has 1 amide bonds. The molecule has 20 heavy (non-hydrogen) atoms. The molecule has 1 saturated heterocycles. The maximum absolute atomic E-state index is 11.9. The number of rotatable bonds is 5. The molecule has 3 heterocycles. The molecule has 0 saturated carbocycles. The third-order valence-electron chi connectivity index (χ3n) is 3.38. The lowest BCUT2D eigenvalue weighted by atomic mass is 10.3. The lowest BCUT2D eigenvalue weighted by Crippen LogP contribution is -2.22. The van der Waals surface area contributed by atoms with E-state index >= 15 is 0 Å². The average molecular weight is 275 g/mol. The van der Waals surface area contributed by atoms with Crippen LogP contribution in [0, 0.1) is 0 Å². The lowest BCUT2D eigenvalue weighted by molar-refractivity contribution is 0.0919. The molecule has 6 heteroatoms. The van der Waals surface area contributed by atoms with Crippen LogP contribution < -0.4 is 5.32 Å². The van der Waals surface area contributed by atoms with E-state index in [0.717, 1.165) is 25.4 Å². The van der Waals surface area contributed by atoms with Gasteiger partial charge in [-0.25, -0.2) is 0 Å². The van der Waals surface area contributed by atoms with E-state index in [0.29, 0.717) is 18.0 Å². The van der Waals surface area contributed by atoms with Gasteiger partial charge in [-0.2, -0.15) is 0 Å². The van der Waals surface area contributed by atoms with Crippen molar-refractivity contribution in [3.63, 3.8) is 0 Å². The molecule has 0 radical (unpaired) electrons. The number of carbonyl (C=O) groups excluding carboxylic acids is 1. The molecule has 0 aromatic carbocycles. The Kier molecular flexibility index (Phi) is 3.83. The fourth-order valence-corrected chi connectivity index (χ4v) is 2.33. The Labute approximate surface area is 116 Å². The summed E-state index contributed by atoms with van der Waals surface area (Å²) in [5, 5.41) is 6.47. The number of carbonyl (C=O) groups is 1. The number of nitrogens with zero attached hydrogens (tertiary/aromatic N) is 2. The predicted molar refractivity (Wildman–Crippen MR) is 70.9 cm³/mol. The van der Waals surface area contributed by atoms with Gasteiger partial charge in [0.15, 0.2) is 5.76 Å². The maximum Gasteiger partial charge on any atom is 0.287 e. The number of furan rings is 1. The molecular weight excluding hydrogens is 258 g/mol. The van der Waals surface area contributed by atoms with Crippen molar-refractivity contribution in [2.24, 2.45) is 0 Å². The zero-order valence-corrected chi connectivity index (χ0v) is 11.2. The normalized spacial score (nSPS) is 15.6. The maximum atomic E-state index is 11.9. The fourth-order valence-electron chi connectivity index (χ4n) is 2.33. The molecule has 6 nitrogen and oxygen atoms in total.